The molecule has 0 unspecified atom stereocenters. The van der Waals surface area contributed by atoms with Gasteiger partial charge in [-0.25, -0.2) is 4.39 Å². The summed E-state index contributed by atoms with van der Waals surface area (Å²) in [7, 11) is 1.65. The lowest BCUT2D eigenvalue weighted by Gasteiger charge is -2.12. The molecule has 0 aliphatic heterocycles. The fraction of sp³-hybridized carbons (Fsp3) is 0.235. The largest absolute Gasteiger partial charge is 0.355 e. The number of aromatic nitrogens is 1. The van der Waals surface area contributed by atoms with Crippen LogP contribution in [0, 0.1) is 5.82 Å². The number of carbonyl (C=O) groups excluding carboxylic acids is 1. The van der Waals surface area contributed by atoms with E-state index in [0.29, 0.717) is 31.2 Å². The maximum atomic E-state index is 13.1. The quantitative estimate of drug-likeness (QED) is 0.268. The third kappa shape index (κ3) is 7.46. The van der Waals surface area contributed by atoms with Crippen LogP contribution in [0.3, 0.4) is 0 Å². The zero-order chi connectivity index (χ0) is 17.2. The molecule has 25 heavy (non-hydrogen) atoms. The van der Waals surface area contributed by atoms with E-state index >= 15 is 0 Å². The third-order valence-electron chi connectivity index (χ3n) is 3.20. The molecule has 0 fully saturated rings. The first-order valence-electron chi connectivity index (χ1n) is 7.56. The van der Waals surface area contributed by atoms with Crippen molar-refractivity contribution in [2.45, 2.75) is 6.54 Å². The van der Waals surface area contributed by atoms with Gasteiger partial charge in [0.2, 0.25) is 0 Å². The number of hydrogen-bond donors (Lipinski definition) is 3. The highest BCUT2D eigenvalue weighted by Gasteiger charge is 2.04. The van der Waals surface area contributed by atoms with Gasteiger partial charge >= 0.3 is 0 Å². The van der Waals surface area contributed by atoms with Gasteiger partial charge in [-0.05, 0) is 29.8 Å². The fourth-order valence-corrected chi connectivity index (χ4v) is 2.01. The van der Waals surface area contributed by atoms with Crippen molar-refractivity contribution in [2.24, 2.45) is 4.99 Å². The smallest absolute Gasteiger partial charge is 0.252 e. The normalized spacial score (nSPS) is 10.6. The van der Waals surface area contributed by atoms with E-state index in [-0.39, 0.29) is 35.7 Å². The predicted octanol–water partition coefficient (Wildman–Crippen LogP) is 1.93. The van der Waals surface area contributed by atoms with Gasteiger partial charge in [-0.15, -0.1) is 24.0 Å². The number of hydrogen-bond acceptors (Lipinski definition) is 3. The van der Waals surface area contributed by atoms with Gasteiger partial charge in [0, 0.05) is 39.1 Å². The molecule has 3 N–H and O–H groups in total. The van der Waals surface area contributed by atoms with Crippen molar-refractivity contribution in [1.29, 1.82) is 0 Å². The minimum absolute atomic E-state index is 0. The van der Waals surface area contributed by atoms with E-state index in [1.165, 1.54) is 18.3 Å². The van der Waals surface area contributed by atoms with Gasteiger partial charge in [0.05, 0.1) is 5.56 Å². The van der Waals surface area contributed by atoms with Crippen LogP contribution < -0.4 is 16.0 Å². The van der Waals surface area contributed by atoms with Crippen LogP contribution in [0.25, 0.3) is 0 Å². The topological polar surface area (TPSA) is 78.4 Å². The Morgan fingerprint density at radius 1 is 1.16 bits per heavy atom. The van der Waals surface area contributed by atoms with E-state index in [2.05, 4.69) is 25.9 Å². The maximum absolute atomic E-state index is 13.1. The van der Waals surface area contributed by atoms with E-state index in [0.717, 1.165) is 5.56 Å². The van der Waals surface area contributed by atoms with Crippen LogP contribution in [0.4, 0.5) is 4.39 Å². The molecule has 0 atom stereocenters. The molecule has 0 aliphatic carbocycles. The van der Waals surface area contributed by atoms with Crippen molar-refractivity contribution in [3.63, 3.8) is 0 Å². The summed E-state index contributed by atoms with van der Waals surface area (Å²) in [5, 5.41) is 8.94. The Morgan fingerprint density at radius 3 is 2.64 bits per heavy atom. The van der Waals surface area contributed by atoms with Crippen LogP contribution in [-0.4, -0.2) is 37.0 Å². The average molecular weight is 457 g/mol. The average Bonchev–Trinajstić information content (AvgIpc) is 2.61. The first kappa shape index (κ1) is 20.8. The summed E-state index contributed by atoms with van der Waals surface area (Å²) < 4.78 is 13.1. The predicted molar refractivity (Wildman–Crippen MR) is 107 cm³/mol. The van der Waals surface area contributed by atoms with Crippen molar-refractivity contribution in [3.8, 4) is 0 Å². The first-order chi connectivity index (χ1) is 11.7. The van der Waals surface area contributed by atoms with Crippen molar-refractivity contribution in [1.82, 2.24) is 20.9 Å². The molecule has 0 saturated heterocycles. The molecule has 0 radical (unpaired) electrons. The first-order valence-corrected chi connectivity index (χ1v) is 7.56. The van der Waals surface area contributed by atoms with Gasteiger partial charge in [0.15, 0.2) is 5.96 Å². The van der Waals surface area contributed by atoms with Crippen molar-refractivity contribution < 1.29 is 9.18 Å². The Hall–Kier alpha value is -2.23. The van der Waals surface area contributed by atoms with Crippen LogP contribution in [0.2, 0.25) is 0 Å². The van der Waals surface area contributed by atoms with Crippen molar-refractivity contribution in [3.05, 3.63) is 65.7 Å². The van der Waals surface area contributed by atoms with Crippen LogP contribution in [-0.2, 0) is 6.54 Å². The lowest BCUT2D eigenvalue weighted by molar-refractivity contribution is 0.0954. The molecule has 1 amide bonds. The number of rotatable bonds is 6. The molecule has 0 spiro atoms. The van der Waals surface area contributed by atoms with Gasteiger partial charge in [-0.1, -0.05) is 12.1 Å². The molecule has 134 valence electrons. The summed E-state index contributed by atoms with van der Waals surface area (Å²) in [5.41, 5.74) is 1.34. The third-order valence-corrected chi connectivity index (χ3v) is 3.20. The highest BCUT2D eigenvalue weighted by Crippen LogP contribution is 2.02. The number of benzene rings is 1. The standard InChI is InChI=1S/C17H20FN5O.HI/c1-19-17(23-11-13-4-2-6-15(18)10-13)22-9-8-21-16(24)14-5-3-7-20-12-14;/h2-7,10,12H,8-9,11H2,1H3,(H,21,24)(H2,19,22,23);1H. The van der Waals surface area contributed by atoms with E-state index < -0.39 is 0 Å². The molecule has 0 saturated carbocycles. The Balaban J connectivity index is 0.00000312. The molecule has 6 nitrogen and oxygen atoms in total. The molecule has 1 aromatic carbocycles. The lowest BCUT2D eigenvalue weighted by atomic mass is 10.2. The Bertz CT molecular complexity index is 696. The number of guanidine groups is 1. The molecule has 1 aromatic heterocycles. The van der Waals surface area contributed by atoms with Crippen molar-refractivity contribution in [2.75, 3.05) is 20.1 Å². The van der Waals surface area contributed by atoms with Gasteiger partial charge in [-0.2, -0.15) is 0 Å². The molecular weight excluding hydrogens is 436 g/mol. The second kappa shape index (κ2) is 11.3. The Morgan fingerprint density at radius 2 is 1.96 bits per heavy atom. The van der Waals surface area contributed by atoms with Crippen LogP contribution >= 0.6 is 24.0 Å². The molecule has 1 heterocycles. The second-order valence-corrected chi connectivity index (χ2v) is 4.98. The highest BCUT2D eigenvalue weighted by molar-refractivity contribution is 14.0. The molecule has 2 aromatic rings. The highest BCUT2D eigenvalue weighted by atomic mass is 127. The van der Waals surface area contributed by atoms with Gasteiger partial charge < -0.3 is 16.0 Å². The van der Waals surface area contributed by atoms with Crippen LogP contribution in [0.5, 0.6) is 0 Å². The number of nitrogens with one attached hydrogen (secondary N) is 3. The van der Waals surface area contributed by atoms with E-state index in [1.54, 1.807) is 31.4 Å². The maximum Gasteiger partial charge on any atom is 0.252 e. The fourth-order valence-electron chi connectivity index (χ4n) is 2.01. The Labute approximate surface area is 163 Å². The summed E-state index contributed by atoms with van der Waals surface area (Å²) in [5.74, 6) is 0.137. The SMILES string of the molecule is CN=C(NCCNC(=O)c1cccnc1)NCc1cccc(F)c1.I. The second-order valence-electron chi connectivity index (χ2n) is 4.98. The van der Waals surface area contributed by atoms with Gasteiger partial charge in [-0.3, -0.25) is 14.8 Å². The number of pyridine rings is 1. The minimum atomic E-state index is -0.268. The summed E-state index contributed by atoms with van der Waals surface area (Å²) in [4.78, 5) is 19.8. The Kier molecular flexibility index (Phi) is 9.45. The number of aliphatic imine (C=N–C) groups is 1. The molecule has 8 heteroatoms. The summed E-state index contributed by atoms with van der Waals surface area (Å²) >= 11 is 0. The zero-order valence-corrected chi connectivity index (χ0v) is 16.2. The molecule has 0 aliphatic rings. The minimum Gasteiger partial charge on any atom is -0.355 e. The van der Waals surface area contributed by atoms with E-state index in [4.69, 9.17) is 0 Å². The zero-order valence-electron chi connectivity index (χ0n) is 13.8. The number of carbonyl (C=O) groups is 1. The summed E-state index contributed by atoms with van der Waals surface area (Å²) in [6.07, 6.45) is 3.13. The van der Waals surface area contributed by atoms with Crippen molar-refractivity contribution >= 4 is 35.8 Å². The molecule has 2 rings (SSSR count). The number of halogens is 2. The van der Waals surface area contributed by atoms with E-state index in [9.17, 15) is 9.18 Å². The molecule has 0 bridgehead atoms. The summed E-state index contributed by atoms with van der Waals surface area (Å²) in [6, 6.07) is 9.78. The van der Waals surface area contributed by atoms with E-state index in [1.807, 2.05) is 6.07 Å². The lowest BCUT2D eigenvalue weighted by Crippen LogP contribution is -2.41. The van der Waals surface area contributed by atoms with Crippen LogP contribution in [0.15, 0.2) is 53.8 Å². The van der Waals surface area contributed by atoms with Gasteiger partial charge in [0.1, 0.15) is 5.82 Å². The molecular formula is C17H21FIN5O. The monoisotopic (exact) mass is 457 g/mol. The van der Waals surface area contributed by atoms with Crippen LogP contribution in [0.1, 0.15) is 15.9 Å². The summed E-state index contributed by atoms with van der Waals surface area (Å²) in [6.45, 7) is 1.41. The number of amides is 1. The number of nitrogens with zero attached hydrogens (tertiary/aromatic N) is 2. The van der Waals surface area contributed by atoms with Gasteiger partial charge in [0.25, 0.3) is 5.91 Å².